The van der Waals surface area contributed by atoms with Crippen molar-refractivity contribution in [3.05, 3.63) is 0 Å². The van der Waals surface area contributed by atoms with Gasteiger partial charge in [-0.2, -0.15) is 16.8 Å². The summed E-state index contributed by atoms with van der Waals surface area (Å²) in [5.41, 5.74) is 5.60. The van der Waals surface area contributed by atoms with Gasteiger partial charge in [0.2, 0.25) is 0 Å². The highest BCUT2D eigenvalue weighted by molar-refractivity contribution is 7.99. The van der Waals surface area contributed by atoms with Crippen LogP contribution in [0.5, 0.6) is 0 Å². The van der Waals surface area contributed by atoms with Crippen molar-refractivity contribution in [1.29, 1.82) is 0 Å². The minimum atomic E-state index is -0.530. The Kier molecular flexibility index (Phi) is 2.44. The lowest BCUT2D eigenvalue weighted by molar-refractivity contribution is 0.121. The maximum absolute atomic E-state index is 10.8. The van der Waals surface area contributed by atoms with Crippen LogP contribution in [-0.2, 0) is 4.74 Å². The molecule has 72 valence electrons. The predicted molar refractivity (Wildman–Crippen MR) is 51.9 cm³/mol. The van der Waals surface area contributed by atoms with Gasteiger partial charge < -0.3 is 10.5 Å². The predicted octanol–water partition coefficient (Wildman–Crippen LogP) is 1.01. The summed E-state index contributed by atoms with van der Waals surface area (Å²) in [6.45, 7) is 0. The molecule has 0 spiro atoms. The van der Waals surface area contributed by atoms with Crippen LogP contribution in [0.25, 0.3) is 0 Å². The Morgan fingerprint density at radius 1 is 1.62 bits per heavy atom. The van der Waals surface area contributed by atoms with Crippen LogP contribution in [0, 0.1) is 5.92 Å². The molecule has 2 unspecified atom stereocenters. The molecule has 0 aromatic rings. The number of thioether (sulfide) groups is 1. The molecule has 1 amide bonds. The normalized spacial score (nSPS) is 34.2. The number of amides is 1. The number of hydrogen-bond acceptors (Lipinski definition) is 4. The monoisotopic (exact) mass is 200 g/mol. The molecule has 5 heteroatoms. The van der Waals surface area contributed by atoms with Crippen LogP contribution >= 0.6 is 11.8 Å². The number of hydrogen-bond donors (Lipinski definition) is 1. The first kappa shape index (κ1) is 8.87. The molecule has 2 rings (SSSR count). The molecule has 0 aromatic carbocycles. The number of carbonyl (C=O) groups is 1. The molecule has 2 N–H and O–H groups in total. The van der Waals surface area contributed by atoms with Gasteiger partial charge in [-0.1, -0.05) is 0 Å². The molecule has 1 saturated heterocycles. The number of nitrogens with two attached hydrogens (primary N) is 1. The second-order valence-corrected chi connectivity index (χ2v) is 4.47. The van der Waals surface area contributed by atoms with Crippen molar-refractivity contribution in [2.75, 3.05) is 11.5 Å². The smallest absolute Gasteiger partial charge is 0.436 e. The van der Waals surface area contributed by atoms with E-state index >= 15 is 0 Å². The molecular weight excluding hydrogens is 188 g/mol. The molecule has 2 aliphatic heterocycles. The van der Waals surface area contributed by atoms with E-state index in [-0.39, 0.29) is 6.10 Å². The lowest BCUT2D eigenvalue weighted by Gasteiger charge is -2.25. The van der Waals surface area contributed by atoms with Gasteiger partial charge in [0.1, 0.15) is 5.84 Å². The number of amidine groups is 1. The molecule has 0 aromatic heterocycles. The molecule has 0 saturated carbocycles. The fourth-order valence-electron chi connectivity index (χ4n) is 1.71. The minimum Gasteiger partial charge on any atom is -0.436 e. The first-order valence-corrected chi connectivity index (χ1v) is 5.55. The Hall–Kier alpha value is -0.710. The largest absolute Gasteiger partial charge is 0.436 e. The summed E-state index contributed by atoms with van der Waals surface area (Å²) in [6, 6.07) is 0. The molecule has 0 radical (unpaired) electrons. The van der Waals surface area contributed by atoms with Crippen LogP contribution in [-0.4, -0.2) is 29.5 Å². The van der Waals surface area contributed by atoms with Gasteiger partial charge in [-0.25, -0.2) is 4.79 Å². The van der Waals surface area contributed by atoms with Crippen LogP contribution in [0.2, 0.25) is 0 Å². The summed E-state index contributed by atoms with van der Waals surface area (Å²) in [5.74, 6) is 2.95. The third kappa shape index (κ3) is 1.80. The standard InChI is InChI=1S/C8H12N2O2S/c9-7-6(12-8(11)10-7)5-2-1-3-13-4-5/h5-6H,1-4H2,(H2,9,10,11). The maximum Gasteiger partial charge on any atom is 0.436 e. The van der Waals surface area contributed by atoms with Gasteiger partial charge >= 0.3 is 6.09 Å². The van der Waals surface area contributed by atoms with Gasteiger partial charge in [0.05, 0.1) is 0 Å². The van der Waals surface area contributed by atoms with Crippen molar-refractivity contribution in [3.8, 4) is 0 Å². The molecule has 0 bridgehead atoms. The van der Waals surface area contributed by atoms with Crippen molar-refractivity contribution in [3.63, 3.8) is 0 Å². The van der Waals surface area contributed by atoms with Crippen LogP contribution in [0.1, 0.15) is 12.8 Å². The van der Waals surface area contributed by atoms with E-state index < -0.39 is 6.09 Å². The Balaban J connectivity index is 2.00. The average molecular weight is 200 g/mol. The van der Waals surface area contributed by atoms with Crippen molar-refractivity contribution < 1.29 is 9.53 Å². The van der Waals surface area contributed by atoms with Gasteiger partial charge in [-0.05, 0) is 18.6 Å². The van der Waals surface area contributed by atoms with Crippen molar-refractivity contribution >= 4 is 23.7 Å². The van der Waals surface area contributed by atoms with Crippen molar-refractivity contribution in [1.82, 2.24) is 0 Å². The first-order chi connectivity index (χ1) is 6.27. The van der Waals surface area contributed by atoms with Crippen LogP contribution < -0.4 is 5.73 Å². The van der Waals surface area contributed by atoms with E-state index in [0.717, 1.165) is 12.2 Å². The van der Waals surface area contributed by atoms with Gasteiger partial charge in [0, 0.05) is 11.7 Å². The highest BCUT2D eigenvalue weighted by atomic mass is 32.2. The third-order valence-corrected chi connectivity index (χ3v) is 3.60. The van der Waals surface area contributed by atoms with Crippen molar-refractivity contribution in [2.45, 2.75) is 18.9 Å². The van der Waals surface area contributed by atoms with E-state index in [1.165, 1.54) is 12.2 Å². The summed E-state index contributed by atoms with van der Waals surface area (Å²) in [5, 5.41) is 0. The Labute approximate surface area is 80.9 Å². The van der Waals surface area contributed by atoms with E-state index in [1.807, 2.05) is 11.8 Å². The van der Waals surface area contributed by atoms with Gasteiger partial charge in [-0.15, -0.1) is 0 Å². The Morgan fingerprint density at radius 2 is 2.46 bits per heavy atom. The zero-order valence-electron chi connectivity index (χ0n) is 7.23. The molecule has 4 nitrogen and oxygen atoms in total. The molecule has 2 atom stereocenters. The van der Waals surface area contributed by atoms with E-state index in [1.54, 1.807) is 0 Å². The molecule has 2 heterocycles. The molecule has 2 aliphatic rings. The minimum absolute atomic E-state index is 0.250. The molecule has 0 aliphatic carbocycles. The van der Waals surface area contributed by atoms with Crippen LogP contribution in [0.4, 0.5) is 4.79 Å². The summed E-state index contributed by atoms with van der Waals surface area (Å²) >= 11 is 1.89. The van der Waals surface area contributed by atoms with Gasteiger partial charge in [-0.3, -0.25) is 0 Å². The highest BCUT2D eigenvalue weighted by Gasteiger charge is 2.34. The quantitative estimate of drug-likeness (QED) is 0.686. The fraction of sp³-hybridized carbons (Fsp3) is 0.750. The van der Waals surface area contributed by atoms with Crippen LogP contribution in [0.15, 0.2) is 4.99 Å². The number of aliphatic imine (C=N–C) groups is 1. The van der Waals surface area contributed by atoms with E-state index in [2.05, 4.69) is 4.99 Å². The van der Waals surface area contributed by atoms with Gasteiger partial charge in [0.15, 0.2) is 6.10 Å². The second-order valence-electron chi connectivity index (χ2n) is 3.32. The SMILES string of the molecule is NC1=NC(=O)OC1C1CCCSC1. The first-order valence-electron chi connectivity index (χ1n) is 4.40. The number of carbonyl (C=O) groups excluding carboxylic acids is 1. The van der Waals surface area contributed by atoms with E-state index in [9.17, 15) is 4.79 Å². The third-order valence-electron chi connectivity index (χ3n) is 2.36. The summed E-state index contributed by atoms with van der Waals surface area (Å²) < 4.78 is 5.03. The molecule has 1 fully saturated rings. The van der Waals surface area contributed by atoms with E-state index in [4.69, 9.17) is 10.5 Å². The molecule has 13 heavy (non-hydrogen) atoms. The number of cyclic esters (lactones) is 1. The number of nitrogens with zero attached hydrogens (tertiary/aromatic N) is 1. The van der Waals surface area contributed by atoms with Gasteiger partial charge in [0.25, 0.3) is 0 Å². The van der Waals surface area contributed by atoms with Crippen molar-refractivity contribution in [2.24, 2.45) is 16.6 Å². The Bertz CT molecular complexity index is 249. The second kappa shape index (κ2) is 3.57. The summed E-state index contributed by atoms with van der Waals surface area (Å²) in [4.78, 5) is 14.4. The van der Waals surface area contributed by atoms with Crippen LogP contribution in [0.3, 0.4) is 0 Å². The van der Waals surface area contributed by atoms with E-state index in [0.29, 0.717) is 11.8 Å². The lowest BCUT2D eigenvalue weighted by Crippen LogP contribution is -2.36. The zero-order valence-corrected chi connectivity index (χ0v) is 8.05. The number of rotatable bonds is 1. The number of ether oxygens (including phenoxy) is 1. The maximum atomic E-state index is 10.8. The topological polar surface area (TPSA) is 64.7 Å². The fourth-order valence-corrected chi connectivity index (χ4v) is 2.89. The Morgan fingerprint density at radius 3 is 3.00 bits per heavy atom. The summed E-state index contributed by atoms with van der Waals surface area (Å²) in [6.07, 6.45) is 1.48. The zero-order chi connectivity index (χ0) is 9.26. The average Bonchev–Trinajstić information content (AvgIpc) is 2.47. The summed E-state index contributed by atoms with van der Waals surface area (Å²) in [7, 11) is 0. The molecular formula is C8H12N2O2S. The lowest BCUT2D eigenvalue weighted by atomic mass is 9.98. The highest BCUT2D eigenvalue weighted by Crippen LogP contribution is 2.28.